The standard InChI is InChI=1S/C14H12O6/c1-7-5-10(19-6-11(16)17)13(8(2)15)14-9(7)3-4-12(18)20-14/h3-5H,6H2,1-2H3,(H,16,17). The molecule has 20 heavy (non-hydrogen) atoms. The fraction of sp³-hybridized carbons (Fsp3) is 0.214. The van der Waals surface area contributed by atoms with Crippen LogP contribution in [0.25, 0.3) is 11.0 Å². The van der Waals surface area contributed by atoms with Crippen molar-refractivity contribution < 1.29 is 23.8 Å². The van der Waals surface area contributed by atoms with Crippen molar-refractivity contribution in [3.8, 4) is 5.75 Å². The van der Waals surface area contributed by atoms with Crippen LogP contribution in [0.5, 0.6) is 5.75 Å². The SMILES string of the molecule is CC(=O)c1c(OCC(=O)O)cc(C)c2ccc(=O)oc12. The van der Waals surface area contributed by atoms with E-state index in [0.29, 0.717) is 10.9 Å². The molecule has 0 saturated carbocycles. The van der Waals surface area contributed by atoms with Gasteiger partial charge in [0.25, 0.3) is 0 Å². The summed E-state index contributed by atoms with van der Waals surface area (Å²) in [5.41, 5.74) is 0.318. The van der Waals surface area contributed by atoms with Crippen LogP contribution in [0.15, 0.2) is 27.4 Å². The van der Waals surface area contributed by atoms with Crippen molar-refractivity contribution in [3.05, 3.63) is 39.7 Å². The zero-order valence-electron chi connectivity index (χ0n) is 10.9. The molecule has 0 aliphatic rings. The van der Waals surface area contributed by atoms with E-state index < -0.39 is 18.2 Å². The normalized spacial score (nSPS) is 10.5. The van der Waals surface area contributed by atoms with Crippen molar-refractivity contribution >= 4 is 22.7 Å². The third-order valence-electron chi connectivity index (χ3n) is 2.78. The van der Waals surface area contributed by atoms with Gasteiger partial charge in [0.1, 0.15) is 11.3 Å². The van der Waals surface area contributed by atoms with E-state index in [1.54, 1.807) is 19.1 Å². The van der Waals surface area contributed by atoms with Gasteiger partial charge >= 0.3 is 11.6 Å². The first-order valence-corrected chi connectivity index (χ1v) is 5.83. The second-order valence-electron chi connectivity index (χ2n) is 4.30. The van der Waals surface area contributed by atoms with E-state index in [4.69, 9.17) is 14.3 Å². The lowest BCUT2D eigenvalue weighted by molar-refractivity contribution is -0.139. The Morgan fingerprint density at radius 2 is 2.05 bits per heavy atom. The molecule has 0 saturated heterocycles. The summed E-state index contributed by atoms with van der Waals surface area (Å²) < 4.78 is 10.2. The van der Waals surface area contributed by atoms with E-state index in [1.165, 1.54) is 13.0 Å². The van der Waals surface area contributed by atoms with Gasteiger partial charge in [0.15, 0.2) is 18.0 Å². The van der Waals surface area contributed by atoms with Gasteiger partial charge in [-0.25, -0.2) is 9.59 Å². The highest BCUT2D eigenvalue weighted by atomic mass is 16.5. The Morgan fingerprint density at radius 1 is 1.35 bits per heavy atom. The van der Waals surface area contributed by atoms with Crippen LogP contribution < -0.4 is 10.4 Å². The van der Waals surface area contributed by atoms with Crippen LogP contribution in [0, 0.1) is 6.92 Å². The van der Waals surface area contributed by atoms with Crippen LogP contribution in [-0.4, -0.2) is 23.5 Å². The Balaban J connectivity index is 2.74. The number of hydrogen-bond donors (Lipinski definition) is 1. The highest BCUT2D eigenvalue weighted by Crippen LogP contribution is 2.30. The number of rotatable bonds is 4. The highest BCUT2D eigenvalue weighted by molar-refractivity contribution is 6.08. The molecular weight excluding hydrogens is 264 g/mol. The molecule has 6 heteroatoms. The van der Waals surface area contributed by atoms with Crippen LogP contribution in [0.1, 0.15) is 22.8 Å². The molecule has 0 radical (unpaired) electrons. The van der Waals surface area contributed by atoms with Gasteiger partial charge in [-0.1, -0.05) is 0 Å². The number of ketones is 1. The molecule has 6 nitrogen and oxygen atoms in total. The Bertz CT molecular complexity index is 756. The van der Waals surface area contributed by atoms with Crippen LogP contribution in [0.3, 0.4) is 0 Å². The third kappa shape index (κ3) is 2.54. The van der Waals surface area contributed by atoms with Gasteiger partial charge < -0.3 is 14.3 Å². The second-order valence-corrected chi connectivity index (χ2v) is 4.30. The first-order valence-electron chi connectivity index (χ1n) is 5.83. The number of hydrogen-bond acceptors (Lipinski definition) is 5. The van der Waals surface area contributed by atoms with Gasteiger partial charge in [0, 0.05) is 11.5 Å². The summed E-state index contributed by atoms with van der Waals surface area (Å²) in [5, 5.41) is 9.26. The predicted molar refractivity (Wildman–Crippen MR) is 70.4 cm³/mol. The first kappa shape index (κ1) is 13.8. The lowest BCUT2D eigenvalue weighted by atomic mass is 10.0. The quantitative estimate of drug-likeness (QED) is 0.675. The average molecular weight is 276 g/mol. The topological polar surface area (TPSA) is 93.8 Å². The fourth-order valence-corrected chi connectivity index (χ4v) is 1.96. The van der Waals surface area contributed by atoms with Crippen molar-refractivity contribution in [2.75, 3.05) is 6.61 Å². The summed E-state index contributed by atoms with van der Waals surface area (Å²) in [4.78, 5) is 33.7. The molecule has 0 amide bonds. The van der Waals surface area contributed by atoms with Gasteiger partial charge in [-0.15, -0.1) is 0 Å². The molecule has 1 heterocycles. The monoisotopic (exact) mass is 276 g/mol. The van der Waals surface area contributed by atoms with Crippen molar-refractivity contribution in [3.63, 3.8) is 0 Å². The Morgan fingerprint density at radius 3 is 2.65 bits per heavy atom. The van der Waals surface area contributed by atoms with Gasteiger partial charge in [-0.05, 0) is 31.5 Å². The van der Waals surface area contributed by atoms with Crippen molar-refractivity contribution in [2.45, 2.75) is 13.8 Å². The molecule has 0 aliphatic carbocycles. The zero-order chi connectivity index (χ0) is 14.9. The lowest BCUT2D eigenvalue weighted by Crippen LogP contribution is -2.12. The predicted octanol–water partition coefficient (Wildman–Crippen LogP) is 1.77. The van der Waals surface area contributed by atoms with Crippen LogP contribution in [-0.2, 0) is 4.79 Å². The van der Waals surface area contributed by atoms with Gasteiger partial charge in [0.05, 0.1) is 0 Å². The summed E-state index contributed by atoms with van der Waals surface area (Å²) in [6.45, 7) is 2.47. The molecule has 2 rings (SSSR count). The number of benzene rings is 1. The minimum atomic E-state index is -1.16. The van der Waals surface area contributed by atoms with E-state index in [1.807, 2.05) is 0 Å². The van der Waals surface area contributed by atoms with E-state index in [9.17, 15) is 14.4 Å². The number of carbonyl (C=O) groups excluding carboxylic acids is 1. The van der Waals surface area contributed by atoms with Gasteiger partial charge in [-0.2, -0.15) is 0 Å². The van der Waals surface area contributed by atoms with E-state index in [0.717, 1.165) is 0 Å². The summed E-state index contributed by atoms with van der Waals surface area (Å²) >= 11 is 0. The van der Waals surface area contributed by atoms with Crippen molar-refractivity contribution in [2.24, 2.45) is 0 Å². The molecule has 2 aromatic rings. The van der Waals surface area contributed by atoms with Crippen molar-refractivity contribution in [1.82, 2.24) is 0 Å². The molecule has 0 fully saturated rings. The Labute approximate surface area is 113 Å². The molecule has 0 atom stereocenters. The smallest absolute Gasteiger partial charge is 0.341 e. The average Bonchev–Trinajstić information content (AvgIpc) is 2.35. The lowest BCUT2D eigenvalue weighted by Gasteiger charge is -2.12. The molecular formula is C14H12O6. The maximum absolute atomic E-state index is 11.8. The van der Waals surface area contributed by atoms with Crippen LogP contribution >= 0.6 is 0 Å². The number of aliphatic carboxylic acids is 1. The number of Topliss-reactive ketones (excluding diaryl/α,β-unsaturated/α-hetero) is 1. The fourth-order valence-electron chi connectivity index (χ4n) is 1.96. The largest absolute Gasteiger partial charge is 0.481 e. The summed E-state index contributed by atoms with van der Waals surface area (Å²) in [5.74, 6) is -1.43. The molecule has 0 aliphatic heterocycles. The number of carbonyl (C=O) groups is 2. The number of carboxylic acid groups (broad SMARTS) is 1. The Hall–Kier alpha value is -2.63. The minimum Gasteiger partial charge on any atom is -0.481 e. The third-order valence-corrected chi connectivity index (χ3v) is 2.78. The Kier molecular flexibility index (Phi) is 3.56. The van der Waals surface area contributed by atoms with E-state index in [2.05, 4.69) is 0 Å². The molecule has 0 unspecified atom stereocenters. The maximum atomic E-state index is 11.8. The molecule has 1 aromatic heterocycles. The summed E-state index contributed by atoms with van der Waals surface area (Å²) in [7, 11) is 0. The van der Waals surface area contributed by atoms with Crippen LogP contribution in [0.4, 0.5) is 0 Å². The first-order chi connectivity index (χ1) is 9.40. The number of carboxylic acids is 1. The molecule has 1 N–H and O–H groups in total. The second kappa shape index (κ2) is 5.16. The summed E-state index contributed by atoms with van der Waals surface area (Å²) in [6.07, 6.45) is 0. The highest BCUT2D eigenvalue weighted by Gasteiger charge is 2.18. The van der Waals surface area contributed by atoms with Gasteiger partial charge in [-0.3, -0.25) is 4.79 Å². The summed E-state index contributed by atoms with van der Waals surface area (Å²) in [6, 6.07) is 4.38. The van der Waals surface area contributed by atoms with Crippen molar-refractivity contribution in [1.29, 1.82) is 0 Å². The van der Waals surface area contributed by atoms with E-state index in [-0.39, 0.29) is 22.7 Å². The molecule has 0 spiro atoms. The van der Waals surface area contributed by atoms with E-state index >= 15 is 0 Å². The molecule has 0 bridgehead atoms. The maximum Gasteiger partial charge on any atom is 0.341 e. The number of aryl methyl sites for hydroxylation is 1. The zero-order valence-corrected chi connectivity index (χ0v) is 10.9. The number of ether oxygens (including phenoxy) is 1. The molecule has 104 valence electrons. The minimum absolute atomic E-state index is 0.0737. The molecule has 1 aromatic carbocycles. The van der Waals surface area contributed by atoms with Gasteiger partial charge in [0.2, 0.25) is 0 Å². The van der Waals surface area contributed by atoms with Crippen LogP contribution in [0.2, 0.25) is 0 Å². The number of fused-ring (bicyclic) bond motifs is 1.